The maximum atomic E-state index is 12.2. The second-order valence-corrected chi connectivity index (χ2v) is 3.41. The third-order valence-electron chi connectivity index (χ3n) is 2.15. The van der Waals surface area contributed by atoms with E-state index in [1.807, 2.05) is 0 Å². The van der Waals surface area contributed by atoms with Crippen LogP contribution in [0.2, 0.25) is 0 Å². The van der Waals surface area contributed by atoms with E-state index < -0.39 is 12.6 Å². The summed E-state index contributed by atoms with van der Waals surface area (Å²) in [6, 6.07) is 2.55. The number of alkyl halides is 2. The fraction of sp³-hybridized carbons (Fsp3) is 0.167. The normalized spacial score (nSPS) is 10.9. The second-order valence-electron chi connectivity index (χ2n) is 3.41. The second kappa shape index (κ2) is 5.90. The van der Waals surface area contributed by atoms with E-state index in [1.165, 1.54) is 6.07 Å². The Morgan fingerprint density at radius 3 is 2.56 bits per heavy atom. The molecule has 4 nitrogen and oxygen atoms in total. The van der Waals surface area contributed by atoms with Gasteiger partial charge >= 0.3 is 12.6 Å². The molecule has 1 rings (SSSR count). The lowest BCUT2D eigenvalue weighted by molar-refractivity contribution is -0.131. The zero-order chi connectivity index (χ0) is 13.7. The van der Waals surface area contributed by atoms with E-state index >= 15 is 0 Å². The van der Waals surface area contributed by atoms with Gasteiger partial charge in [-0.15, -0.1) is 0 Å². The van der Waals surface area contributed by atoms with Crippen molar-refractivity contribution in [2.24, 2.45) is 0 Å². The Kier molecular flexibility index (Phi) is 4.53. The Hall–Kier alpha value is -2.24. The Morgan fingerprint density at radius 1 is 1.39 bits per heavy atom. The molecular weight excluding hydrogens is 246 g/mol. The van der Waals surface area contributed by atoms with Crippen LogP contribution in [0.1, 0.15) is 21.5 Å². The van der Waals surface area contributed by atoms with Gasteiger partial charge in [0.15, 0.2) is 0 Å². The van der Waals surface area contributed by atoms with Gasteiger partial charge in [-0.2, -0.15) is 8.78 Å². The average Bonchev–Trinajstić information content (AvgIpc) is 2.28. The summed E-state index contributed by atoms with van der Waals surface area (Å²) in [5.41, 5.74) is 0.913. The van der Waals surface area contributed by atoms with E-state index in [4.69, 9.17) is 5.11 Å². The highest BCUT2D eigenvalue weighted by Gasteiger charge is 2.11. The fourth-order valence-corrected chi connectivity index (χ4v) is 1.34. The molecule has 1 aromatic rings. The van der Waals surface area contributed by atoms with Gasteiger partial charge in [-0.05, 0) is 30.7 Å². The minimum absolute atomic E-state index is 0.167. The van der Waals surface area contributed by atoms with E-state index in [-0.39, 0.29) is 16.9 Å². The van der Waals surface area contributed by atoms with Crippen molar-refractivity contribution in [2.45, 2.75) is 13.5 Å². The maximum Gasteiger partial charge on any atom is 0.387 e. The SMILES string of the molecule is Cc1cc(/C=C/C(=O)O)c(OC(F)F)cc1C=O. The van der Waals surface area contributed by atoms with Crippen LogP contribution in [0.25, 0.3) is 6.08 Å². The number of aryl methyl sites for hydroxylation is 1. The first-order chi connectivity index (χ1) is 8.43. The van der Waals surface area contributed by atoms with Gasteiger partial charge in [-0.3, -0.25) is 4.79 Å². The van der Waals surface area contributed by atoms with Crippen LogP contribution in [-0.4, -0.2) is 24.0 Å². The largest absolute Gasteiger partial charge is 0.478 e. The molecule has 0 spiro atoms. The van der Waals surface area contributed by atoms with E-state index in [0.29, 0.717) is 11.8 Å². The molecule has 0 saturated heterocycles. The van der Waals surface area contributed by atoms with Gasteiger partial charge in [0.2, 0.25) is 0 Å². The van der Waals surface area contributed by atoms with Crippen molar-refractivity contribution in [3.8, 4) is 5.75 Å². The molecule has 0 radical (unpaired) electrons. The molecule has 0 aliphatic rings. The van der Waals surface area contributed by atoms with Crippen molar-refractivity contribution in [3.05, 3.63) is 34.9 Å². The van der Waals surface area contributed by atoms with Crippen LogP contribution < -0.4 is 4.74 Å². The van der Waals surface area contributed by atoms with Gasteiger partial charge < -0.3 is 9.84 Å². The van der Waals surface area contributed by atoms with Gasteiger partial charge in [0.05, 0.1) is 0 Å². The number of carboxylic acids is 1. The summed E-state index contributed by atoms with van der Waals surface area (Å²) in [6.45, 7) is -1.45. The molecule has 0 atom stereocenters. The number of carbonyl (C=O) groups excluding carboxylic acids is 1. The maximum absolute atomic E-state index is 12.2. The molecule has 6 heteroatoms. The van der Waals surface area contributed by atoms with Crippen LogP contribution in [0, 0.1) is 6.92 Å². The summed E-state index contributed by atoms with van der Waals surface area (Å²) < 4.78 is 28.6. The van der Waals surface area contributed by atoms with Crippen molar-refractivity contribution < 1.29 is 28.2 Å². The molecule has 1 aromatic carbocycles. The predicted octanol–water partition coefficient (Wildman–Crippen LogP) is 2.51. The predicted molar refractivity (Wildman–Crippen MR) is 59.9 cm³/mol. The zero-order valence-electron chi connectivity index (χ0n) is 9.39. The van der Waals surface area contributed by atoms with E-state index in [0.717, 1.165) is 18.2 Å². The number of carbonyl (C=O) groups is 2. The zero-order valence-corrected chi connectivity index (χ0v) is 9.39. The number of halogens is 2. The topological polar surface area (TPSA) is 63.6 Å². The van der Waals surface area contributed by atoms with E-state index in [9.17, 15) is 18.4 Å². The third-order valence-corrected chi connectivity index (χ3v) is 2.15. The van der Waals surface area contributed by atoms with Crippen molar-refractivity contribution in [2.75, 3.05) is 0 Å². The molecule has 1 N–H and O–H groups in total. The van der Waals surface area contributed by atoms with Crippen LogP contribution in [0.15, 0.2) is 18.2 Å². The molecule has 0 bridgehead atoms. The molecule has 0 aliphatic carbocycles. The molecule has 96 valence electrons. The lowest BCUT2D eigenvalue weighted by atomic mass is 10.0. The Labute approximate surface area is 101 Å². The standard InChI is InChI=1S/C12H10F2O4/c1-7-4-8(2-3-11(16)17)10(18-12(13)14)5-9(7)6-15/h2-6,12H,1H3,(H,16,17)/b3-2+. The van der Waals surface area contributed by atoms with Crippen molar-refractivity contribution in [3.63, 3.8) is 0 Å². The van der Waals surface area contributed by atoms with Gasteiger partial charge in [0.1, 0.15) is 12.0 Å². The van der Waals surface area contributed by atoms with Crippen LogP contribution in [0.5, 0.6) is 5.75 Å². The van der Waals surface area contributed by atoms with E-state index in [2.05, 4.69) is 4.74 Å². The summed E-state index contributed by atoms with van der Waals surface area (Å²) in [7, 11) is 0. The van der Waals surface area contributed by atoms with Crippen LogP contribution in [0.4, 0.5) is 8.78 Å². The van der Waals surface area contributed by atoms with Crippen molar-refractivity contribution in [1.29, 1.82) is 0 Å². The highest BCUT2D eigenvalue weighted by atomic mass is 19.3. The highest BCUT2D eigenvalue weighted by molar-refractivity contribution is 5.87. The molecule has 0 fully saturated rings. The molecule has 18 heavy (non-hydrogen) atoms. The minimum atomic E-state index is -3.05. The summed E-state index contributed by atoms with van der Waals surface area (Å²) in [6.07, 6.45) is 2.44. The number of hydrogen-bond acceptors (Lipinski definition) is 3. The van der Waals surface area contributed by atoms with Gasteiger partial charge in [-0.1, -0.05) is 0 Å². The number of hydrogen-bond donors (Lipinski definition) is 1. The first kappa shape index (κ1) is 13.8. The van der Waals surface area contributed by atoms with Gasteiger partial charge in [-0.25, -0.2) is 4.79 Å². The number of aldehydes is 1. The highest BCUT2D eigenvalue weighted by Crippen LogP contribution is 2.25. The lowest BCUT2D eigenvalue weighted by Crippen LogP contribution is -2.04. The molecule has 0 unspecified atom stereocenters. The molecular formula is C12H10F2O4. The quantitative estimate of drug-likeness (QED) is 0.649. The van der Waals surface area contributed by atoms with Crippen LogP contribution >= 0.6 is 0 Å². The van der Waals surface area contributed by atoms with E-state index in [1.54, 1.807) is 6.92 Å². The Balaban J connectivity index is 3.24. The molecule has 0 aromatic heterocycles. The number of ether oxygens (including phenoxy) is 1. The smallest absolute Gasteiger partial charge is 0.387 e. The number of rotatable bonds is 5. The third kappa shape index (κ3) is 3.65. The summed E-state index contributed by atoms with van der Waals surface area (Å²) in [4.78, 5) is 21.1. The molecule has 0 saturated carbocycles. The molecule has 0 heterocycles. The fourth-order valence-electron chi connectivity index (χ4n) is 1.34. The number of aliphatic carboxylic acids is 1. The molecule has 0 amide bonds. The summed E-state index contributed by atoms with van der Waals surface area (Å²) in [5.74, 6) is -1.45. The Morgan fingerprint density at radius 2 is 2.06 bits per heavy atom. The number of carboxylic acid groups (broad SMARTS) is 1. The summed E-state index contributed by atoms with van der Waals surface area (Å²) >= 11 is 0. The average molecular weight is 256 g/mol. The Bertz CT molecular complexity index is 495. The minimum Gasteiger partial charge on any atom is -0.478 e. The van der Waals surface area contributed by atoms with Crippen LogP contribution in [-0.2, 0) is 4.79 Å². The van der Waals surface area contributed by atoms with Crippen molar-refractivity contribution >= 4 is 18.3 Å². The van der Waals surface area contributed by atoms with Crippen molar-refractivity contribution in [1.82, 2.24) is 0 Å². The lowest BCUT2D eigenvalue weighted by Gasteiger charge is -2.10. The first-order valence-electron chi connectivity index (χ1n) is 4.89. The monoisotopic (exact) mass is 256 g/mol. The van der Waals surface area contributed by atoms with Gasteiger partial charge in [0, 0.05) is 17.2 Å². The first-order valence-corrected chi connectivity index (χ1v) is 4.89. The number of benzene rings is 1. The van der Waals surface area contributed by atoms with Crippen LogP contribution in [0.3, 0.4) is 0 Å². The summed E-state index contributed by atoms with van der Waals surface area (Å²) in [5, 5.41) is 8.49. The molecule has 0 aliphatic heterocycles. The van der Waals surface area contributed by atoms with Gasteiger partial charge in [0.25, 0.3) is 0 Å².